The summed E-state index contributed by atoms with van der Waals surface area (Å²) in [6.07, 6.45) is 0.0247. The second-order valence-electron chi connectivity index (χ2n) is 4.98. The number of carboxylic acids is 1. The molecular formula is C15H21NO5. The number of ether oxygens (including phenoxy) is 2. The fourth-order valence-corrected chi connectivity index (χ4v) is 1.93. The van der Waals surface area contributed by atoms with E-state index < -0.39 is 12.0 Å². The Hall–Kier alpha value is -2.24. The monoisotopic (exact) mass is 295 g/mol. The molecule has 6 nitrogen and oxygen atoms in total. The van der Waals surface area contributed by atoms with Gasteiger partial charge in [0.2, 0.25) is 5.91 Å². The van der Waals surface area contributed by atoms with Gasteiger partial charge in [-0.15, -0.1) is 0 Å². The van der Waals surface area contributed by atoms with Crippen LogP contribution in [0, 0.1) is 5.92 Å². The third kappa shape index (κ3) is 4.66. The van der Waals surface area contributed by atoms with Gasteiger partial charge in [-0.2, -0.15) is 0 Å². The molecule has 0 radical (unpaired) electrons. The molecule has 21 heavy (non-hydrogen) atoms. The lowest BCUT2D eigenvalue weighted by atomic mass is 10.0. The van der Waals surface area contributed by atoms with Crippen LogP contribution in [0.3, 0.4) is 0 Å². The van der Waals surface area contributed by atoms with Crippen molar-refractivity contribution in [2.24, 2.45) is 5.92 Å². The third-order valence-corrected chi connectivity index (χ3v) is 3.09. The molecule has 2 N–H and O–H groups in total. The Morgan fingerprint density at radius 3 is 2.38 bits per heavy atom. The van der Waals surface area contributed by atoms with E-state index in [1.807, 2.05) is 0 Å². The zero-order valence-electron chi connectivity index (χ0n) is 12.7. The van der Waals surface area contributed by atoms with Crippen molar-refractivity contribution in [2.75, 3.05) is 14.2 Å². The van der Waals surface area contributed by atoms with Gasteiger partial charge < -0.3 is 19.9 Å². The summed E-state index contributed by atoms with van der Waals surface area (Å²) in [6.45, 7) is 3.48. The first kappa shape index (κ1) is 16.8. The van der Waals surface area contributed by atoms with Gasteiger partial charge in [-0.05, 0) is 24.1 Å². The first-order chi connectivity index (χ1) is 9.88. The molecule has 1 aromatic rings. The van der Waals surface area contributed by atoms with Crippen molar-refractivity contribution in [1.29, 1.82) is 0 Å². The predicted molar refractivity (Wildman–Crippen MR) is 77.7 cm³/mol. The van der Waals surface area contributed by atoms with E-state index in [1.54, 1.807) is 32.0 Å². The van der Waals surface area contributed by atoms with Crippen LogP contribution in [-0.4, -0.2) is 37.2 Å². The van der Waals surface area contributed by atoms with Crippen molar-refractivity contribution in [3.8, 4) is 11.5 Å². The van der Waals surface area contributed by atoms with Crippen molar-refractivity contribution in [2.45, 2.75) is 26.3 Å². The maximum atomic E-state index is 12.0. The lowest BCUT2D eigenvalue weighted by molar-refractivity contribution is -0.143. The van der Waals surface area contributed by atoms with Crippen molar-refractivity contribution in [1.82, 2.24) is 5.32 Å². The van der Waals surface area contributed by atoms with Crippen molar-refractivity contribution in [3.05, 3.63) is 23.8 Å². The zero-order chi connectivity index (χ0) is 16.0. The lowest BCUT2D eigenvalue weighted by Gasteiger charge is -2.18. The summed E-state index contributed by atoms with van der Waals surface area (Å²) in [6, 6.07) is 4.23. The van der Waals surface area contributed by atoms with E-state index in [-0.39, 0.29) is 18.2 Å². The minimum Gasteiger partial charge on any atom is -0.497 e. The molecule has 0 bridgehead atoms. The Morgan fingerprint density at radius 1 is 1.24 bits per heavy atom. The van der Waals surface area contributed by atoms with E-state index in [0.717, 1.165) is 0 Å². The van der Waals surface area contributed by atoms with Gasteiger partial charge in [-0.25, -0.2) is 4.79 Å². The molecule has 0 spiro atoms. The van der Waals surface area contributed by atoms with Gasteiger partial charge in [-0.3, -0.25) is 4.79 Å². The van der Waals surface area contributed by atoms with Gasteiger partial charge >= 0.3 is 5.97 Å². The van der Waals surface area contributed by atoms with Crippen LogP contribution in [0.15, 0.2) is 18.2 Å². The second kappa shape index (κ2) is 7.52. The summed E-state index contributed by atoms with van der Waals surface area (Å²) in [5.41, 5.74) is 0.641. The van der Waals surface area contributed by atoms with Crippen LogP contribution in [0.2, 0.25) is 0 Å². The number of methoxy groups -OCH3 is 2. The van der Waals surface area contributed by atoms with E-state index in [2.05, 4.69) is 5.32 Å². The molecule has 116 valence electrons. The molecule has 1 unspecified atom stereocenters. The molecule has 0 fully saturated rings. The zero-order valence-corrected chi connectivity index (χ0v) is 12.7. The molecule has 1 amide bonds. The Balaban J connectivity index is 2.85. The van der Waals surface area contributed by atoms with Crippen LogP contribution in [-0.2, 0) is 16.0 Å². The highest BCUT2D eigenvalue weighted by molar-refractivity contribution is 5.85. The van der Waals surface area contributed by atoms with Crippen LogP contribution in [0.4, 0.5) is 0 Å². The smallest absolute Gasteiger partial charge is 0.326 e. The minimum atomic E-state index is -1.05. The fourth-order valence-electron chi connectivity index (χ4n) is 1.93. The quantitative estimate of drug-likeness (QED) is 0.795. The summed E-state index contributed by atoms with van der Waals surface area (Å²) in [7, 11) is 3.04. The summed E-state index contributed by atoms with van der Waals surface area (Å²) >= 11 is 0. The van der Waals surface area contributed by atoms with Crippen molar-refractivity contribution < 1.29 is 24.2 Å². The normalized spacial score (nSPS) is 11.9. The standard InChI is InChI=1S/C15H21NO5/c1-9(2)14(15(18)19)16-13(17)8-10-7-11(20-3)5-6-12(10)21-4/h5-7,9,14H,8H2,1-4H3,(H,16,17)(H,18,19). The van der Waals surface area contributed by atoms with E-state index in [0.29, 0.717) is 17.1 Å². The van der Waals surface area contributed by atoms with Crippen LogP contribution >= 0.6 is 0 Å². The van der Waals surface area contributed by atoms with Crippen molar-refractivity contribution in [3.63, 3.8) is 0 Å². The topological polar surface area (TPSA) is 84.9 Å². The first-order valence-electron chi connectivity index (χ1n) is 6.62. The number of aliphatic carboxylic acids is 1. The maximum Gasteiger partial charge on any atom is 0.326 e. The maximum absolute atomic E-state index is 12.0. The van der Waals surface area contributed by atoms with E-state index >= 15 is 0 Å². The Labute approximate surface area is 124 Å². The Kier molecular flexibility index (Phi) is 6.02. The highest BCUT2D eigenvalue weighted by atomic mass is 16.5. The van der Waals surface area contributed by atoms with Gasteiger partial charge in [0.05, 0.1) is 20.6 Å². The average molecular weight is 295 g/mol. The van der Waals surface area contributed by atoms with E-state index in [4.69, 9.17) is 14.6 Å². The molecule has 6 heteroatoms. The second-order valence-corrected chi connectivity index (χ2v) is 4.98. The number of benzene rings is 1. The van der Waals surface area contributed by atoms with Gasteiger partial charge in [-0.1, -0.05) is 13.8 Å². The lowest BCUT2D eigenvalue weighted by Crippen LogP contribution is -2.44. The predicted octanol–water partition coefficient (Wildman–Crippen LogP) is 1.47. The summed E-state index contributed by atoms with van der Waals surface area (Å²) in [5.74, 6) is -0.447. The first-order valence-corrected chi connectivity index (χ1v) is 6.62. The van der Waals surface area contributed by atoms with Gasteiger partial charge in [0.15, 0.2) is 0 Å². The SMILES string of the molecule is COc1ccc(OC)c(CC(=O)NC(C(=O)O)C(C)C)c1. The Bertz CT molecular complexity index is 513. The molecule has 0 aliphatic carbocycles. The number of carboxylic acid groups (broad SMARTS) is 1. The largest absolute Gasteiger partial charge is 0.497 e. The Morgan fingerprint density at radius 2 is 1.90 bits per heavy atom. The van der Waals surface area contributed by atoms with E-state index in [9.17, 15) is 9.59 Å². The van der Waals surface area contributed by atoms with Crippen LogP contribution < -0.4 is 14.8 Å². The molecule has 0 saturated carbocycles. The highest BCUT2D eigenvalue weighted by Gasteiger charge is 2.23. The molecule has 1 rings (SSSR count). The molecule has 1 atom stereocenters. The van der Waals surface area contributed by atoms with Crippen molar-refractivity contribution >= 4 is 11.9 Å². The van der Waals surface area contributed by atoms with Crippen LogP contribution in [0.25, 0.3) is 0 Å². The van der Waals surface area contributed by atoms with Crippen LogP contribution in [0.5, 0.6) is 11.5 Å². The summed E-state index contributed by atoms with van der Waals surface area (Å²) < 4.78 is 10.3. The molecular weight excluding hydrogens is 274 g/mol. The molecule has 0 aliphatic heterocycles. The third-order valence-electron chi connectivity index (χ3n) is 3.09. The molecule has 1 aromatic carbocycles. The number of rotatable bonds is 7. The number of hydrogen-bond donors (Lipinski definition) is 2. The summed E-state index contributed by atoms with van der Waals surface area (Å²) in [4.78, 5) is 23.1. The van der Waals surface area contributed by atoms with E-state index in [1.165, 1.54) is 14.2 Å². The molecule has 0 saturated heterocycles. The minimum absolute atomic E-state index is 0.0247. The van der Waals surface area contributed by atoms with Gasteiger partial charge in [0.1, 0.15) is 17.5 Å². The van der Waals surface area contributed by atoms with Gasteiger partial charge in [0.25, 0.3) is 0 Å². The molecule has 0 aliphatic rings. The molecule has 0 heterocycles. The number of carbonyl (C=O) groups is 2. The van der Waals surface area contributed by atoms with Gasteiger partial charge in [0, 0.05) is 5.56 Å². The number of carbonyl (C=O) groups excluding carboxylic acids is 1. The molecule has 0 aromatic heterocycles. The summed E-state index contributed by atoms with van der Waals surface area (Å²) in [5, 5.41) is 11.6. The number of nitrogens with one attached hydrogen (secondary N) is 1. The number of amides is 1. The highest BCUT2D eigenvalue weighted by Crippen LogP contribution is 2.24. The number of hydrogen-bond acceptors (Lipinski definition) is 4. The average Bonchev–Trinajstić information content (AvgIpc) is 2.43. The van der Waals surface area contributed by atoms with Crippen LogP contribution in [0.1, 0.15) is 19.4 Å². The fraction of sp³-hybridized carbons (Fsp3) is 0.467.